The minimum Gasteiger partial charge on any atom is -0.463 e. The molecule has 3 atom stereocenters. The summed E-state index contributed by atoms with van der Waals surface area (Å²) in [6, 6.07) is 24.9. The maximum absolute atomic E-state index is 13.0. The fourth-order valence-electron chi connectivity index (χ4n) is 4.51. The molecule has 0 aromatic heterocycles. The SMILES string of the molecule is COC(=O)C1=C(c2ccccc2)[C@H](c2ccccc2)C[C@@]2(O1)Oc1ccc(Br)cc1[C@@H]2O. The number of rotatable bonds is 3. The van der Waals surface area contributed by atoms with E-state index in [1.807, 2.05) is 72.8 Å². The molecule has 5 nitrogen and oxygen atoms in total. The van der Waals surface area contributed by atoms with Crippen LogP contribution in [0, 0.1) is 0 Å². The van der Waals surface area contributed by atoms with E-state index in [0.29, 0.717) is 23.3 Å². The molecule has 6 heteroatoms. The van der Waals surface area contributed by atoms with Crippen LogP contribution in [0.15, 0.2) is 89.1 Å². The van der Waals surface area contributed by atoms with Crippen LogP contribution < -0.4 is 4.74 Å². The lowest BCUT2D eigenvalue weighted by atomic mass is 9.78. The van der Waals surface area contributed by atoms with Crippen molar-refractivity contribution in [1.29, 1.82) is 0 Å². The van der Waals surface area contributed by atoms with E-state index in [1.54, 1.807) is 6.07 Å². The molecule has 5 rings (SSSR count). The Morgan fingerprint density at radius 3 is 2.41 bits per heavy atom. The second-order valence-corrected chi connectivity index (χ2v) is 8.78. The number of hydrogen-bond acceptors (Lipinski definition) is 5. The zero-order valence-electron chi connectivity index (χ0n) is 17.3. The zero-order chi connectivity index (χ0) is 22.3. The van der Waals surface area contributed by atoms with Gasteiger partial charge in [-0.1, -0.05) is 76.6 Å². The largest absolute Gasteiger partial charge is 0.463 e. The molecule has 2 aliphatic heterocycles. The molecule has 0 amide bonds. The fraction of sp³-hybridized carbons (Fsp3) is 0.192. The Morgan fingerprint density at radius 1 is 1.03 bits per heavy atom. The molecule has 0 saturated heterocycles. The molecule has 2 aliphatic rings. The lowest BCUT2D eigenvalue weighted by Gasteiger charge is -2.41. The van der Waals surface area contributed by atoms with Gasteiger partial charge in [-0.05, 0) is 29.3 Å². The minimum absolute atomic E-state index is 0.0460. The van der Waals surface area contributed by atoms with Gasteiger partial charge in [0.05, 0.1) is 7.11 Å². The van der Waals surface area contributed by atoms with E-state index in [4.69, 9.17) is 14.2 Å². The predicted molar refractivity (Wildman–Crippen MR) is 123 cm³/mol. The highest BCUT2D eigenvalue weighted by Gasteiger charge is 2.56. The van der Waals surface area contributed by atoms with Crippen molar-refractivity contribution in [2.45, 2.75) is 24.2 Å². The predicted octanol–water partition coefficient (Wildman–Crippen LogP) is 5.36. The third-order valence-corrected chi connectivity index (χ3v) is 6.47. The van der Waals surface area contributed by atoms with E-state index in [-0.39, 0.29) is 11.7 Å². The molecule has 0 radical (unpaired) electrons. The molecule has 0 saturated carbocycles. The molecule has 1 N–H and O–H groups in total. The van der Waals surface area contributed by atoms with Crippen LogP contribution in [-0.4, -0.2) is 24.0 Å². The van der Waals surface area contributed by atoms with E-state index >= 15 is 0 Å². The van der Waals surface area contributed by atoms with Gasteiger partial charge in [-0.2, -0.15) is 0 Å². The van der Waals surface area contributed by atoms with Crippen LogP contribution in [0.25, 0.3) is 5.57 Å². The van der Waals surface area contributed by atoms with Gasteiger partial charge >= 0.3 is 5.97 Å². The molecule has 0 fully saturated rings. The Kier molecular flexibility index (Phi) is 5.27. The van der Waals surface area contributed by atoms with Gasteiger partial charge in [-0.25, -0.2) is 4.79 Å². The monoisotopic (exact) mass is 492 g/mol. The standard InChI is InChI=1S/C26H21BrO5/c1-30-25(29)23-22(17-10-6-3-7-11-17)20(16-8-4-2-5-9-16)15-26(32-23)24(28)19-14-18(27)12-13-21(19)31-26/h2-14,20,24,28H,15H2,1H3/t20-,24-,26-/m0/s1. The highest BCUT2D eigenvalue weighted by molar-refractivity contribution is 9.10. The number of fused-ring (bicyclic) bond motifs is 1. The van der Waals surface area contributed by atoms with E-state index in [0.717, 1.165) is 15.6 Å². The fourth-order valence-corrected chi connectivity index (χ4v) is 4.89. The number of aliphatic hydroxyl groups is 1. The minimum atomic E-state index is -1.45. The maximum Gasteiger partial charge on any atom is 0.373 e. The number of halogens is 1. The van der Waals surface area contributed by atoms with Gasteiger partial charge in [0.1, 0.15) is 5.75 Å². The van der Waals surface area contributed by atoms with Crippen LogP contribution in [0.3, 0.4) is 0 Å². The second kappa shape index (κ2) is 8.11. The number of hydrogen-bond donors (Lipinski definition) is 1. The van der Waals surface area contributed by atoms with Crippen LogP contribution in [0.4, 0.5) is 0 Å². The van der Waals surface area contributed by atoms with E-state index in [9.17, 15) is 9.90 Å². The van der Waals surface area contributed by atoms with E-state index in [1.165, 1.54) is 7.11 Å². The summed E-state index contributed by atoms with van der Waals surface area (Å²) < 4.78 is 18.4. The number of carbonyl (C=O) groups excluding carboxylic acids is 1. The van der Waals surface area contributed by atoms with Gasteiger partial charge in [0.2, 0.25) is 5.76 Å². The number of ether oxygens (including phenoxy) is 3. The second-order valence-electron chi connectivity index (χ2n) is 7.87. The smallest absolute Gasteiger partial charge is 0.373 e. The first-order valence-electron chi connectivity index (χ1n) is 10.3. The first-order valence-corrected chi connectivity index (χ1v) is 11.1. The van der Waals surface area contributed by atoms with Gasteiger partial charge in [0.25, 0.3) is 5.79 Å². The molecule has 3 aromatic rings. The molecule has 0 unspecified atom stereocenters. The number of allylic oxidation sites excluding steroid dienone is 1. The third kappa shape index (κ3) is 3.40. The summed E-state index contributed by atoms with van der Waals surface area (Å²) >= 11 is 3.45. The number of methoxy groups -OCH3 is 1. The molecular weight excluding hydrogens is 472 g/mol. The average molecular weight is 493 g/mol. The average Bonchev–Trinajstić information content (AvgIpc) is 3.09. The highest BCUT2D eigenvalue weighted by Crippen LogP contribution is 2.55. The van der Waals surface area contributed by atoms with Crippen LogP contribution in [-0.2, 0) is 14.3 Å². The van der Waals surface area contributed by atoms with E-state index in [2.05, 4.69) is 15.9 Å². The van der Waals surface area contributed by atoms with E-state index < -0.39 is 17.9 Å². The van der Waals surface area contributed by atoms with Crippen molar-refractivity contribution in [3.63, 3.8) is 0 Å². The number of esters is 1. The molecule has 1 spiro atoms. The van der Waals surface area contributed by atoms with Gasteiger partial charge in [-0.15, -0.1) is 0 Å². The molecule has 32 heavy (non-hydrogen) atoms. The van der Waals surface area contributed by atoms with Crippen molar-refractivity contribution in [3.8, 4) is 5.75 Å². The maximum atomic E-state index is 13.0. The number of carbonyl (C=O) groups is 1. The molecule has 0 bridgehead atoms. The zero-order valence-corrected chi connectivity index (χ0v) is 18.9. The summed E-state index contributed by atoms with van der Waals surface area (Å²) in [5.41, 5.74) is 3.16. The molecule has 0 aliphatic carbocycles. The molecular formula is C26H21BrO5. The summed E-state index contributed by atoms with van der Waals surface area (Å²) in [5, 5.41) is 11.3. The van der Waals surface area contributed by atoms with Gasteiger partial charge < -0.3 is 19.3 Å². The highest BCUT2D eigenvalue weighted by atomic mass is 79.9. The van der Waals surface area contributed by atoms with Crippen molar-refractivity contribution < 1.29 is 24.1 Å². The third-order valence-electron chi connectivity index (χ3n) is 5.98. The summed E-state index contributed by atoms with van der Waals surface area (Å²) in [5.74, 6) is -1.76. The van der Waals surface area contributed by atoms with Crippen LogP contribution in [0.5, 0.6) is 5.75 Å². The van der Waals surface area contributed by atoms with Crippen LogP contribution in [0.1, 0.15) is 35.1 Å². The number of benzene rings is 3. The molecule has 3 aromatic carbocycles. The van der Waals surface area contributed by atoms with Crippen molar-refractivity contribution in [1.82, 2.24) is 0 Å². The summed E-state index contributed by atoms with van der Waals surface area (Å²) in [6.45, 7) is 0. The van der Waals surface area contributed by atoms with Crippen LogP contribution >= 0.6 is 15.9 Å². The molecule has 162 valence electrons. The van der Waals surface area contributed by atoms with Crippen molar-refractivity contribution in [2.75, 3.05) is 7.11 Å². The van der Waals surface area contributed by atoms with Crippen molar-refractivity contribution >= 4 is 27.5 Å². The van der Waals surface area contributed by atoms with Crippen LogP contribution in [0.2, 0.25) is 0 Å². The van der Waals surface area contributed by atoms with Crippen molar-refractivity contribution in [2.24, 2.45) is 0 Å². The lowest BCUT2D eigenvalue weighted by Crippen LogP contribution is -2.46. The van der Waals surface area contributed by atoms with Gasteiger partial charge in [0, 0.05) is 27.9 Å². The summed E-state index contributed by atoms with van der Waals surface area (Å²) in [4.78, 5) is 13.0. The Bertz CT molecular complexity index is 1190. The first kappa shape index (κ1) is 20.8. The topological polar surface area (TPSA) is 65.0 Å². The normalized spacial score (nSPS) is 24.0. The Hall–Kier alpha value is -3.09. The Labute approximate surface area is 194 Å². The quantitative estimate of drug-likeness (QED) is 0.498. The van der Waals surface area contributed by atoms with Gasteiger partial charge in [-0.3, -0.25) is 0 Å². The number of aliphatic hydroxyl groups excluding tert-OH is 1. The van der Waals surface area contributed by atoms with Gasteiger partial charge in [0.15, 0.2) is 6.10 Å². The summed E-state index contributed by atoms with van der Waals surface area (Å²) in [7, 11) is 1.32. The summed E-state index contributed by atoms with van der Waals surface area (Å²) in [6.07, 6.45) is -0.770. The van der Waals surface area contributed by atoms with Crippen molar-refractivity contribution in [3.05, 3.63) is 106 Å². The first-order chi connectivity index (χ1) is 15.5. The lowest BCUT2D eigenvalue weighted by molar-refractivity contribution is -0.217. The Balaban J connectivity index is 1.71. The Morgan fingerprint density at radius 2 is 1.72 bits per heavy atom. The molecule has 2 heterocycles.